The summed E-state index contributed by atoms with van der Waals surface area (Å²) >= 11 is 3.72. The molecule has 0 amide bonds. The van der Waals surface area contributed by atoms with E-state index in [0.29, 0.717) is 11.4 Å². The number of carbonyl (C=O) groups is 1. The van der Waals surface area contributed by atoms with E-state index >= 15 is 0 Å². The van der Waals surface area contributed by atoms with E-state index in [1.807, 2.05) is 6.92 Å². The Bertz CT molecular complexity index is 248. The van der Waals surface area contributed by atoms with E-state index in [1.54, 1.807) is 0 Å². The largest absolute Gasteiger partial charge is 0.291 e. The van der Waals surface area contributed by atoms with Gasteiger partial charge in [-0.1, -0.05) is 6.92 Å². The highest BCUT2D eigenvalue weighted by Crippen LogP contribution is 2.01. The summed E-state index contributed by atoms with van der Waals surface area (Å²) in [5.41, 5.74) is 0. The second-order valence-corrected chi connectivity index (χ2v) is 3.70. The van der Waals surface area contributed by atoms with E-state index < -0.39 is 0 Å². The highest BCUT2D eigenvalue weighted by molar-refractivity contribution is 7.20. The van der Waals surface area contributed by atoms with Crippen LogP contribution in [-0.2, 0) is 0 Å². The fourth-order valence-electron chi connectivity index (χ4n) is 0.498. The molecule has 1 aromatic rings. The first-order valence-electron chi connectivity index (χ1n) is 2.86. The Morgan fingerprint density at radius 2 is 2.40 bits per heavy atom. The zero-order valence-electron chi connectivity index (χ0n) is 5.50. The van der Waals surface area contributed by atoms with Crippen molar-refractivity contribution in [1.82, 2.24) is 10.2 Å². The van der Waals surface area contributed by atoms with Gasteiger partial charge in [0, 0.05) is 10.3 Å². The maximum absolute atomic E-state index is 10.9. The van der Waals surface area contributed by atoms with Crippen molar-refractivity contribution in [3.63, 3.8) is 0 Å². The van der Waals surface area contributed by atoms with Crippen LogP contribution in [0, 0.1) is 0 Å². The average Bonchev–Trinajstić information content (AvgIpc) is 2.34. The fourth-order valence-corrected chi connectivity index (χ4v) is 1.51. The molecule has 0 aliphatic rings. The van der Waals surface area contributed by atoms with Gasteiger partial charge in [-0.3, -0.25) is 4.79 Å². The summed E-state index contributed by atoms with van der Waals surface area (Å²) in [5.74, 6) is 0.0613. The number of hydrogen-bond donors (Lipinski definition) is 0. The molecule has 5 heteroatoms. The van der Waals surface area contributed by atoms with Gasteiger partial charge in [0.2, 0.25) is 16.3 Å². The number of carbonyl (C=O) groups excluding carboxylic acids is 1. The van der Waals surface area contributed by atoms with Crippen LogP contribution in [0.2, 0.25) is 0 Å². The molecule has 1 rings (SSSR count). The third-order valence-corrected chi connectivity index (χ3v) is 2.26. The van der Waals surface area contributed by atoms with Gasteiger partial charge in [-0.05, 0) is 0 Å². The van der Waals surface area contributed by atoms with Crippen molar-refractivity contribution in [1.29, 1.82) is 0 Å². The third kappa shape index (κ3) is 1.63. The van der Waals surface area contributed by atoms with Gasteiger partial charge in [0.05, 0.1) is 0 Å². The first-order chi connectivity index (χ1) is 4.74. The summed E-state index contributed by atoms with van der Waals surface area (Å²) in [6, 6.07) is 0. The molecule has 2 radical (unpaired) electrons. The van der Waals surface area contributed by atoms with Crippen molar-refractivity contribution in [2.75, 3.05) is 0 Å². The molecule has 0 fully saturated rings. The second-order valence-electron chi connectivity index (χ2n) is 1.72. The Balaban J connectivity index is 2.85. The van der Waals surface area contributed by atoms with Gasteiger partial charge in [-0.15, -0.1) is 16.4 Å². The smallest absolute Gasteiger partial charge is 0.232 e. The number of aromatic nitrogens is 2. The zero-order chi connectivity index (χ0) is 7.56. The van der Waals surface area contributed by atoms with Crippen LogP contribution in [0.5, 0.6) is 0 Å². The summed E-state index contributed by atoms with van der Waals surface area (Å²) < 4.78 is 0.761. The molecule has 0 atom stereocenters. The van der Waals surface area contributed by atoms with Gasteiger partial charge in [0.15, 0.2) is 10.8 Å². The minimum Gasteiger partial charge on any atom is -0.291 e. The fraction of sp³-hybridized carbons (Fsp3) is 0.400. The lowest BCUT2D eigenvalue weighted by Crippen LogP contribution is -1.97. The summed E-state index contributed by atoms with van der Waals surface area (Å²) in [6.07, 6.45) is 0.499. The topological polar surface area (TPSA) is 42.9 Å². The standard InChI is InChI=1S/C5H5N2OS.Al/c1-2-4(8)5-7-6-3-9-5;/h2H2,1H3;. The summed E-state index contributed by atoms with van der Waals surface area (Å²) in [6.45, 7) is 1.81. The average molecular weight is 168 g/mol. The summed E-state index contributed by atoms with van der Waals surface area (Å²) in [5, 5.41) is 7.89. The van der Waals surface area contributed by atoms with Gasteiger partial charge in [-0.25, -0.2) is 0 Å². The van der Waals surface area contributed by atoms with Crippen LogP contribution in [0.3, 0.4) is 0 Å². The monoisotopic (exact) mass is 168 g/mol. The van der Waals surface area contributed by atoms with E-state index in [-0.39, 0.29) is 5.78 Å². The van der Waals surface area contributed by atoms with Crippen molar-refractivity contribution in [2.45, 2.75) is 13.3 Å². The molecule has 0 aliphatic carbocycles. The molecular formula is C5H5AlN2OS. The van der Waals surface area contributed by atoms with Crippen LogP contribution in [0.4, 0.5) is 0 Å². The van der Waals surface area contributed by atoms with Crippen LogP contribution in [-0.4, -0.2) is 32.3 Å². The predicted octanol–water partition coefficient (Wildman–Crippen LogP) is -0.0754. The van der Waals surface area contributed by atoms with Crippen molar-refractivity contribution in [3.8, 4) is 0 Å². The van der Waals surface area contributed by atoms with Crippen molar-refractivity contribution < 1.29 is 4.79 Å². The van der Waals surface area contributed by atoms with Crippen LogP contribution < -0.4 is 3.87 Å². The molecular weight excluding hydrogens is 163 g/mol. The van der Waals surface area contributed by atoms with Crippen LogP contribution in [0.1, 0.15) is 23.1 Å². The number of ketones is 1. The van der Waals surface area contributed by atoms with E-state index in [4.69, 9.17) is 0 Å². The van der Waals surface area contributed by atoms with Crippen LogP contribution in [0.25, 0.3) is 0 Å². The highest BCUT2D eigenvalue weighted by atomic mass is 32.1. The van der Waals surface area contributed by atoms with Crippen LogP contribution in [0.15, 0.2) is 0 Å². The Morgan fingerprint density at radius 3 is 2.80 bits per heavy atom. The summed E-state index contributed by atoms with van der Waals surface area (Å²) in [7, 11) is 0. The number of hydrogen-bond acceptors (Lipinski definition) is 4. The van der Waals surface area contributed by atoms with Gasteiger partial charge in [0.1, 0.15) is 0 Å². The Kier molecular flexibility index (Phi) is 2.55. The molecule has 0 N–H and O–H groups in total. The van der Waals surface area contributed by atoms with Crippen LogP contribution >= 0.6 is 11.3 Å². The second kappa shape index (κ2) is 3.24. The first kappa shape index (κ1) is 7.86. The predicted molar refractivity (Wildman–Crippen MR) is 39.9 cm³/mol. The van der Waals surface area contributed by atoms with Gasteiger partial charge < -0.3 is 0 Å². The Labute approximate surface area is 70.9 Å². The molecule has 0 spiro atoms. The van der Waals surface area contributed by atoms with Gasteiger partial charge in [0.25, 0.3) is 0 Å². The number of Topliss-reactive ketones (excluding diaryl/α,β-unsaturated/α-hetero) is 1. The van der Waals surface area contributed by atoms with Gasteiger partial charge >= 0.3 is 0 Å². The van der Waals surface area contributed by atoms with E-state index in [1.165, 1.54) is 11.3 Å². The lowest BCUT2D eigenvalue weighted by Gasteiger charge is -1.84. The number of nitrogens with zero attached hydrogens (tertiary/aromatic N) is 2. The Hall–Kier alpha value is -0.238. The normalized spacial score (nSPS) is 9.70. The first-order valence-corrected chi connectivity index (χ1v) is 4.25. The molecule has 3 nitrogen and oxygen atoms in total. The SMILES string of the molecule is CCC(=O)c1nn[c]([Al])s1. The highest BCUT2D eigenvalue weighted by Gasteiger charge is 2.06. The molecule has 10 heavy (non-hydrogen) atoms. The molecule has 0 bridgehead atoms. The van der Waals surface area contributed by atoms with Crippen molar-refractivity contribution in [3.05, 3.63) is 5.01 Å². The van der Waals surface area contributed by atoms with E-state index in [0.717, 1.165) is 3.87 Å². The number of rotatable bonds is 2. The third-order valence-electron chi connectivity index (χ3n) is 1.00. The zero-order valence-corrected chi connectivity index (χ0v) is 7.47. The van der Waals surface area contributed by atoms with E-state index in [2.05, 4.69) is 26.5 Å². The van der Waals surface area contributed by atoms with Gasteiger partial charge in [-0.2, -0.15) is 5.10 Å². The maximum atomic E-state index is 10.9. The Morgan fingerprint density at radius 1 is 1.70 bits per heavy atom. The molecule has 0 aromatic carbocycles. The molecule has 0 unspecified atom stereocenters. The maximum Gasteiger partial charge on any atom is 0.232 e. The van der Waals surface area contributed by atoms with Crippen molar-refractivity contribution in [2.24, 2.45) is 0 Å². The minimum absolute atomic E-state index is 0.0613. The summed E-state index contributed by atoms with van der Waals surface area (Å²) in [4.78, 5) is 10.9. The molecule has 1 heterocycles. The molecule has 50 valence electrons. The van der Waals surface area contributed by atoms with E-state index in [9.17, 15) is 4.79 Å². The minimum atomic E-state index is 0.0613. The molecule has 0 saturated carbocycles. The lowest BCUT2D eigenvalue weighted by atomic mass is 10.3. The molecule has 0 saturated heterocycles. The van der Waals surface area contributed by atoms with Crippen molar-refractivity contribution >= 4 is 37.3 Å². The molecule has 0 aliphatic heterocycles. The lowest BCUT2D eigenvalue weighted by molar-refractivity contribution is 0.0987. The quantitative estimate of drug-likeness (QED) is 0.458. The molecule has 1 aromatic heterocycles.